The molecule has 3 aromatic rings. The number of benzene rings is 3. The van der Waals surface area contributed by atoms with Crippen LogP contribution < -0.4 is 15.0 Å². The SMILES string of the molecule is O=C(NCCOc1ccccc1Cl)c1ccc(CN2CCc3ccccc32)cc1. The van der Waals surface area contributed by atoms with Crippen LogP contribution in [-0.4, -0.2) is 25.6 Å². The van der Waals surface area contributed by atoms with Gasteiger partial charge >= 0.3 is 0 Å². The molecule has 0 spiro atoms. The number of hydrogen-bond donors (Lipinski definition) is 1. The Labute approximate surface area is 176 Å². The van der Waals surface area contributed by atoms with Crippen LogP contribution in [0.4, 0.5) is 5.69 Å². The van der Waals surface area contributed by atoms with Crippen LogP contribution in [0.25, 0.3) is 0 Å². The third kappa shape index (κ3) is 4.72. The van der Waals surface area contributed by atoms with Gasteiger partial charge in [-0.15, -0.1) is 0 Å². The van der Waals surface area contributed by atoms with Gasteiger partial charge < -0.3 is 15.0 Å². The van der Waals surface area contributed by atoms with E-state index in [-0.39, 0.29) is 5.91 Å². The lowest BCUT2D eigenvalue weighted by atomic mass is 10.1. The van der Waals surface area contributed by atoms with Crippen molar-refractivity contribution in [1.29, 1.82) is 0 Å². The van der Waals surface area contributed by atoms with E-state index in [0.717, 1.165) is 19.5 Å². The lowest BCUT2D eigenvalue weighted by molar-refractivity contribution is 0.0947. The molecular formula is C24H23ClN2O2. The van der Waals surface area contributed by atoms with E-state index >= 15 is 0 Å². The molecule has 0 unspecified atom stereocenters. The smallest absolute Gasteiger partial charge is 0.251 e. The quantitative estimate of drug-likeness (QED) is 0.577. The average molecular weight is 407 g/mol. The number of halogens is 1. The highest BCUT2D eigenvalue weighted by Gasteiger charge is 2.18. The lowest BCUT2D eigenvalue weighted by Crippen LogP contribution is -2.28. The molecule has 0 bridgehead atoms. The highest BCUT2D eigenvalue weighted by atomic mass is 35.5. The number of ether oxygens (including phenoxy) is 1. The van der Waals surface area contributed by atoms with Crippen LogP contribution in [0.15, 0.2) is 72.8 Å². The number of rotatable bonds is 7. The number of carbonyl (C=O) groups is 1. The van der Waals surface area contributed by atoms with Crippen molar-refractivity contribution in [3.63, 3.8) is 0 Å². The summed E-state index contributed by atoms with van der Waals surface area (Å²) in [5, 5.41) is 3.44. The second kappa shape index (κ2) is 9.01. The minimum absolute atomic E-state index is 0.106. The maximum absolute atomic E-state index is 12.3. The van der Waals surface area contributed by atoms with E-state index < -0.39 is 0 Å². The van der Waals surface area contributed by atoms with E-state index in [1.165, 1.54) is 16.8 Å². The average Bonchev–Trinajstić information content (AvgIpc) is 3.16. The van der Waals surface area contributed by atoms with Crippen LogP contribution >= 0.6 is 11.6 Å². The number of para-hydroxylation sites is 2. The predicted molar refractivity (Wildman–Crippen MR) is 117 cm³/mol. The van der Waals surface area contributed by atoms with Crippen molar-refractivity contribution in [2.24, 2.45) is 0 Å². The first-order chi connectivity index (χ1) is 14.2. The summed E-state index contributed by atoms with van der Waals surface area (Å²) in [6.07, 6.45) is 1.09. The molecule has 1 aliphatic rings. The largest absolute Gasteiger partial charge is 0.490 e. The Balaban J connectivity index is 1.27. The van der Waals surface area contributed by atoms with Crippen molar-refractivity contribution >= 4 is 23.2 Å². The van der Waals surface area contributed by atoms with Gasteiger partial charge in [0.15, 0.2) is 0 Å². The molecule has 0 radical (unpaired) electrons. The lowest BCUT2D eigenvalue weighted by Gasteiger charge is -2.19. The highest BCUT2D eigenvalue weighted by molar-refractivity contribution is 6.32. The molecule has 0 aromatic heterocycles. The summed E-state index contributed by atoms with van der Waals surface area (Å²) in [7, 11) is 0. The molecule has 0 saturated heterocycles. The first-order valence-corrected chi connectivity index (χ1v) is 10.2. The number of carbonyl (C=O) groups excluding carboxylic acids is 1. The zero-order chi connectivity index (χ0) is 20.1. The summed E-state index contributed by atoms with van der Waals surface area (Å²) < 4.78 is 5.59. The van der Waals surface area contributed by atoms with Gasteiger partial charge in [0, 0.05) is 24.3 Å². The molecule has 5 heteroatoms. The molecule has 0 atom stereocenters. The second-order valence-corrected chi connectivity index (χ2v) is 7.44. The summed E-state index contributed by atoms with van der Waals surface area (Å²) >= 11 is 6.05. The second-order valence-electron chi connectivity index (χ2n) is 7.03. The molecule has 148 valence electrons. The molecule has 1 amide bonds. The number of fused-ring (bicyclic) bond motifs is 1. The van der Waals surface area contributed by atoms with Gasteiger partial charge in [-0.1, -0.05) is 54.1 Å². The third-order valence-electron chi connectivity index (χ3n) is 5.05. The van der Waals surface area contributed by atoms with Crippen molar-refractivity contribution in [2.45, 2.75) is 13.0 Å². The minimum Gasteiger partial charge on any atom is -0.490 e. The first-order valence-electron chi connectivity index (χ1n) is 9.78. The maximum atomic E-state index is 12.3. The molecule has 4 rings (SSSR count). The summed E-state index contributed by atoms with van der Waals surface area (Å²) in [6, 6.07) is 23.6. The molecule has 1 aliphatic heterocycles. The third-order valence-corrected chi connectivity index (χ3v) is 5.37. The Bertz CT molecular complexity index is 988. The summed E-state index contributed by atoms with van der Waals surface area (Å²) in [6.45, 7) is 2.66. The molecule has 29 heavy (non-hydrogen) atoms. The fourth-order valence-electron chi connectivity index (χ4n) is 3.54. The summed E-state index contributed by atoms with van der Waals surface area (Å²) in [5.74, 6) is 0.516. The Morgan fingerprint density at radius 3 is 2.59 bits per heavy atom. The molecule has 0 saturated carbocycles. The van der Waals surface area contributed by atoms with Gasteiger partial charge in [0.05, 0.1) is 11.6 Å². The molecular weight excluding hydrogens is 384 g/mol. The fourth-order valence-corrected chi connectivity index (χ4v) is 3.73. The number of amides is 1. The first kappa shape index (κ1) is 19.3. The maximum Gasteiger partial charge on any atom is 0.251 e. The van der Waals surface area contributed by atoms with Crippen LogP contribution in [0.2, 0.25) is 5.02 Å². The Hall–Kier alpha value is -2.98. The topological polar surface area (TPSA) is 41.6 Å². The van der Waals surface area contributed by atoms with Crippen LogP contribution in [0.5, 0.6) is 5.75 Å². The van der Waals surface area contributed by atoms with Crippen molar-refractivity contribution in [3.8, 4) is 5.75 Å². The van der Waals surface area contributed by atoms with E-state index in [9.17, 15) is 4.79 Å². The number of hydrogen-bond acceptors (Lipinski definition) is 3. The molecule has 0 aliphatic carbocycles. The number of anilines is 1. The van der Waals surface area contributed by atoms with Gasteiger partial charge in [0.25, 0.3) is 5.91 Å². The van der Waals surface area contributed by atoms with Crippen molar-refractivity contribution < 1.29 is 9.53 Å². The summed E-state index contributed by atoms with van der Waals surface area (Å²) in [5.41, 5.74) is 4.56. The van der Waals surface area contributed by atoms with E-state index in [4.69, 9.17) is 16.3 Å². The van der Waals surface area contributed by atoms with Crippen LogP contribution in [0.3, 0.4) is 0 Å². The molecule has 1 N–H and O–H groups in total. The van der Waals surface area contributed by atoms with Crippen LogP contribution in [0, 0.1) is 0 Å². The Morgan fingerprint density at radius 2 is 1.76 bits per heavy atom. The van der Waals surface area contributed by atoms with Gasteiger partial charge in [0.1, 0.15) is 12.4 Å². The van der Waals surface area contributed by atoms with Gasteiger partial charge in [-0.3, -0.25) is 4.79 Å². The van der Waals surface area contributed by atoms with Crippen LogP contribution in [-0.2, 0) is 13.0 Å². The number of nitrogens with one attached hydrogen (secondary N) is 1. The van der Waals surface area contributed by atoms with Gasteiger partial charge in [0.2, 0.25) is 0 Å². The standard InChI is InChI=1S/C24H23ClN2O2/c25-21-6-2-4-8-23(21)29-16-14-26-24(28)20-11-9-18(10-12-20)17-27-15-13-19-5-1-3-7-22(19)27/h1-12H,13-17H2,(H,26,28). The van der Waals surface area contributed by atoms with Crippen molar-refractivity contribution in [2.75, 3.05) is 24.6 Å². The summed E-state index contributed by atoms with van der Waals surface area (Å²) in [4.78, 5) is 14.7. The fraction of sp³-hybridized carbons (Fsp3) is 0.208. The molecule has 4 nitrogen and oxygen atoms in total. The van der Waals surface area contributed by atoms with E-state index in [0.29, 0.717) is 29.5 Å². The molecule has 1 heterocycles. The monoisotopic (exact) mass is 406 g/mol. The zero-order valence-electron chi connectivity index (χ0n) is 16.1. The van der Waals surface area contributed by atoms with E-state index in [2.05, 4.69) is 34.5 Å². The normalized spacial score (nSPS) is 12.5. The van der Waals surface area contributed by atoms with Crippen molar-refractivity contribution in [1.82, 2.24) is 5.32 Å². The van der Waals surface area contributed by atoms with E-state index in [1.807, 2.05) is 42.5 Å². The predicted octanol–water partition coefficient (Wildman–Crippen LogP) is 4.71. The van der Waals surface area contributed by atoms with E-state index in [1.54, 1.807) is 6.07 Å². The van der Waals surface area contributed by atoms with Crippen LogP contribution in [0.1, 0.15) is 21.5 Å². The minimum atomic E-state index is -0.106. The molecule has 0 fully saturated rings. The number of nitrogens with zero attached hydrogens (tertiary/aromatic N) is 1. The Kier molecular flexibility index (Phi) is 6.01. The van der Waals surface area contributed by atoms with Crippen molar-refractivity contribution in [3.05, 3.63) is 94.5 Å². The van der Waals surface area contributed by atoms with Gasteiger partial charge in [-0.2, -0.15) is 0 Å². The van der Waals surface area contributed by atoms with Gasteiger partial charge in [-0.25, -0.2) is 0 Å². The Morgan fingerprint density at radius 1 is 1.00 bits per heavy atom. The highest BCUT2D eigenvalue weighted by Crippen LogP contribution is 2.28. The zero-order valence-corrected chi connectivity index (χ0v) is 16.9. The van der Waals surface area contributed by atoms with Gasteiger partial charge in [-0.05, 0) is 47.9 Å². The molecule has 3 aromatic carbocycles.